The van der Waals surface area contributed by atoms with Crippen LogP contribution in [0.3, 0.4) is 0 Å². The topological polar surface area (TPSA) is 131 Å². The summed E-state index contributed by atoms with van der Waals surface area (Å²) in [6.45, 7) is 0.221. The van der Waals surface area contributed by atoms with E-state index in [-0.39, 0.29) is 17.8 Å². The molecule has 1 aliphatic heterocycles. The number of carbonyl (C=O) groups excluding carboxylic acids is 2. The molecule has 0 atom stereocenters. The number of carbonyl (C=O) groups is 2. The van der Waals surface area contributed by atoms with Gasteiger partial charge in [0.1, 0.15) is 22.9 Å². The van der Waals surface area contributed by atoms with Gasteiger partial charge < -0.3 is 20.7 Å². The summed E-state index contributed by atoms with van der Waals surface area (Å²) in [6.07, 6.45) is -6.07. The van der Waals surface area contributed by atoms with Gasteiger partial charge in [0.15, 0.2) is 0 Å². The first-order valence-corrected chi connectivity index (χ1v) is 10.3. The van der Waals surface area contributed by atoms with Crippen LogP contribution in [0, 0.1) is 0 Å². The third kappa shape index (κ3) is 5.30. The number of urea groups is 1. The average molecular weight is 509 g/mol. The Kier molecular flexibility index (Phi) is 6.41. The van der Waals surface area contributed by atoms with Gasteiger partial charge in [-0.25, -0.2) is 14.5 Å². The lowest BCUT2D eigenvalue weighted by atomic mass is 10.1. The van der Waals surface area contributed by atoms with E-state index in [4.69, 9.17) is 0 Å². The normalized spacial score (nSPS) is 15.3. The van der Waals surface area contributed by atoms with Crippen molar-refractivity contribution in [2.75, 3.05) is 23.0 Å². The average Bonchev–Trinajstić information content (AvgIpc) is 3.17. The number of hydrogen-bond donors (Lipinski definition) is 4. The fourth-order valence-electron chi connectivity index (χ4n) is 3.31. The standard InChI is InChI=1S/C21H19F4N7O4/c1-26-19(34)31-16-7-11(5-6-27-16)9-28-17-13(10-29-32(17)2)18(33)30-12-3-4-15-14(8-12)20(22,23)36-21(24,25)35-15/h3-8,10,28H,9H2,1-2H3,(H,30,33)(H2,26,27,31,34). The molecule has 1 aliphatic rings. The van der Waals surface area contributed by atoms with Crippen molar-refractivity contribution < 1.29 is 36.6 Å². The molecular formula is C21H19F4N7O4. The molecule has 1 aromatic carbocycles. The van der Waals surface area contributed by atoms with Crippen molar-refractivity contribution in [1.29, 1.82) is 0 Å². The van der Waals surface area contributed by atoms with Gasteiger partial charge in [0.25, 0.3) is 5.91 Å². The Hall–Kier alpha value is -4.40. The molecule has 0 saturated carbocycles. The van der Waals surface area contributed by atoms with Gasteiger partial charge in [-0.05, 0) is 35.9 Å². The third-order valence-corrected chi connectivity index (χ3v) is 4.96. The van der Waals surface area contributed by atoms with E-state index >= 15 is 0 Å². The minimum absolute atomic E-state index is 0.0822. The van der Waals surface area contributed by atoms with E-state index in [0.717, 1.165) is 23.8 Å². The molecule has 3 amide bonds. The highest BCUT2D eigenvalue weighted by Crippen LogP contribution is 2.46. The lowest BCUT2D eigenvalue weighted by Crippen LogP contribution is -2.41. The molecule has 11 nitrogen and oxygen atoms in total. The molecule has 4 N–H and O–H groups in total. The Bertz CT molecular complexity index is 1320. The number of anilines is 3. The van der Waals surface area contributed by atoms with Crippen molar-refractivity contribution >= 4 is 29.3 Å². The number of pyridine rings is 1. The van der Waals surface area contributed by atoms with Crippen LogP contribution in [0.1, 0.15) is 21.5 Å². The summed E-state index contributed by atoms with van der Waals surface area (Å²) in [7, 11) is 3.05. The van der Waals surface area contributed by atoms with Gasteiger partial charge in [-0.15, -0.1) is 8.78 Å². The van der Waals surface area contributed by atoms with Gasteiger partial charge in [0, 0.05) is 32.5 Å². The minimum Gasteiger partial charge on any atom is -0.409 e. The second-order valence-electron chi connectivity index (χ2n) is 7.49. The number of fused-ring (bicyclic) bond motifs is 1. The number of ether oxygens (including phenoxy) is 2. The van der Waals surface area contributed by atoms with Crippen molar-refractivity contribution in [3.05, 3.63) is 59.4 Å². The predicted octanol–water partition coefficient (Wildman–Crippen LogP) is 3.44. The van der Waals surface area contributed by atoms with Crippen LogP contribution in [0.5, 0.6) is 5.75 Å². The van der Waals surface area contributed by atoms with Crippen molar-refractivity contribution in [2.24, 2.45) is 7.05 Å². The van der Waals surface area contributed by atoms with Crippen LogP contribution in [-0.4, -0.2) is 40.0 Å². The van der Waals surface area contributed by atoms with Crippen LogP contribution < -0.4 is 26.0 Å². The van der Waals surface area contributed by atoms with E-state index in [1.54, 1.807) is 19.2 Å². The molecule has 0 unspecified atom stereocenters. The van der Waals surface area contributed by atoms with Crippen LogP contribution in [0.4, 0.5) is 39.7 Å². The molecule has 15 heteroatoms. The molecule has 0 aliphatic carbocycles. The number of rotatable bonds is 6. The molecule has 3 heterocycles. The van der Waals surface area contributed by atoms with Crippen molar-refractivity contribution in [3.63, 3.8) is 0 Å². The summed E-state index contributed by atoms with van der Waals surface area (Å²) < 4.78 is 63.4. The van der Waals surface area contributed by atoms with E-state index in [1.165, 1.54) is 24.1 Å². The Morgan fingerprint density at radius 1 is 1.11 bits per heavy atom. The Labute approximate surface area is 200 Å². The van der Waals surface area contributed by atoms with E-state index in [1.807, 2.05) is 0 Å². The van der Waals surface area contributed by atoms with Crippen molar-refractivity contribution in [2.45, 2.75) is 18.9 Å². The van der Waals surface area contributed by atoms with Crippen LogP contribution in [0.2, 0.25) is 0 Å². The number of aryl methyl sites for hydroxylation is 1. The first-order valence-electron chi connectivity index (χ1n) is 10.3. The molecule has 190 valence electrons. The molecule has 0 saturated heterocycles. The summed E-state index contributed by atoms with van der Waals surface area (Å²) in [5, 5.41) is 14.5. The quantitative estimate of drug-likeness (QED) is 0.375. The summed E-state index contributed by atoms with van der Waals surface area (Å²) in [4.78, 5) is 28.4. The predicted molar refractivity (Wildman–Crippen MR) is 118 cm³/mol. The van der Waals surface area contributed by atoms with Crippen LogP contribution in [0.25, 0.3) is 0 Å². The molecule has 0 fully saturated rings. The maximum Gasteiger partial charge on any atom is 0.540 e. The smallest absolute Gasteiger partial charge is 0.409 e. The van der Waals surface area contributed by atoms with Gasteiger partial charge in [-0.1, -0.05) is 0 Å². The third-order valence-electron chi connectivity index (χ3n) is 4.96. The molecule has 3 aromatic rings. The van der Waals surface area contributed by atoms with Crippen LogP contribution in [0.15, 0.2) is 42.7 Å². The van der Waals surface area contributed by atoms with E-state index in [0.29, 0.717) is 11.6 Å². The highest BCUT2D eigenvalue weighted by molar-refractivity contribution is 6.07. The number of hydrogen-bond acceptors (Lipinski definition) is 7. The molecule has 36 heavy (non-hydrogen) atoms. The van der Waals surface area contributed by atoms with Crippen LogP contribution >= 0.6 is 0 Å². The molecule has 2 aromatic heterocycles. The van der Waals surface area contributed by atoms with Gasteiger partial charge in [-0.3, -0.25) is 14.8 Å². The first-order chi connectivity index (χ1) is 17.0. The number of alkyl halides is 4. The van der Waals surface area contributed by atoms with E-state index in [2.05, 4.69) is 40.8 Å². The summed E-state index contributed by atoms with van der Waals surface area (Å²) in [5.41, 5.74) is -0.268. The minimum atomic E-state index is -4.49. The molecule has 0 spiro atoms. The SMILES string of the molecule is CNC(=O)Nc1cc(CNc2c(C(=O)Nc3ccc4c(c3)C(F)(F)OC(F)(F)O4)cnn2C)ccn1. The first kappa shape index (κ1) is 24.7. The number of aromatic nitrogens is 3. The number of nitrogens with one attached hydrogen (secondary N) is 4. The largest absolute Gasteiger partial charge is 0.540 e. The monoisotopic (exact) mass is 509 g/mol. The van der Waals surface area contributed by atoms with E-state index < -0.39 is 35.7 Å². The van der Waals surface area contributed by atoms with Crippen molar-refractivity contribution in [1.82, 2.24) is 20.1 Å². The molecule has 4 rings (SSSR count). The Morgan fingerprint density at radius 2 is 1.89 bits per heavy atom. The lowest BCUT2D eigenvalue weighted by molar-refractivity contribution is -0.461. The summed E-state index contributed by atoms with van der Waals surface area (Å²) in [5.74, 6) is -0.861. The second kappa shape index (κ2) is 9.33. The second-order valence-corrected chi connectivity index (χ2v) is 7.49. The molecule has 0 bridgehead atoms. The summed E-state index contributed by atoms with van der Waals surface area (Å²) >= 11 is 0. The number of benzene rings is 1. The zero-order valence-corrected chi connectivity index (χ0v) is 18.7. The Balaban J connectivity index is 1.49. The highest BCUT2D eigenvalue weighted by atomic mass is 19.3. The zero-order chi connectivity index (χ0) is 26.1. The van der Waals surface area contributed by atoms with E-state index in [9.17, 15) is 27.2 Å². The van der Waals surface area contributed by atoms with Gasteiger partial charge in [0.2, 0.25) is 0 Å². The molecule has 0 radical (unpaired) electrons. The van der Waals surface area contributed by atoms with Gasteiger partial charge in [-0.2, -0.15) is 13.9 Å². The van der Waals surface area contributed by atoms with Crippen LogP contribution in [-0.2, 0) is 24.4 Å². The number of halogens is 4. The number of amides is 3. The highest BCUT2D eigenvalue weighted by Gasteiger charge is 2.54. The molecular weight excluding hydrogens is 490 g/mol. The summed E-state index contributed by atoms with van der Waals surface area (Å²) in [6, 6.07) is 5.67. The zero-order valence-electron chi connectivity index (χ0n) is 18.7. The van der Waals surface area contributed by atoms with Crippen molar-refractivity contribution in [3.8, 4) is 5.75 Å². The van der Waals surface area contributed by atoms with Gasteiger partial charge >= 0.3 is 18.4 Å². The number of nitrogens with zero attached hydrogens (tertiary/aromatic N) is 3. The maximum atomic E-state index is 14.0. The fraction of sp³-hybridized carbons (Fsp3) is 0.238. The Morgan fingerprint density at radius 3 is 2.64 bits per heavy atom. The lowest BCUT2D eigenvalue weighted by Gasteiger charge is -2.30. The maximum absolute atomic E-state index is 14.0. The van der Waals surface area contributed by atoms with Gasteiger partial charge in [0.05, 0.1) is 11.8 Å². The fourth-order valence-corrected chi connectivity index (χ4v) is 3.31.